The van der Waals surface area contributed by atoms with Gasteiger partial charge in [0.05, 0.1) is 19.0 Å². The minimum atomic E-state index is -2.96. The van der Waals surface area contributed by atoms with Gasteiger partial charge in [-0.25, -0.2) is 8.42 Å². The topological polar surface area (TPSA) is 43.4 Å². The highest BCUT2D eigenvalue weighted by Gasteiger charge is 2.10. The predicted octanol–water partition coefficient (Wildman–Crippen LogP) is 0.335. The number of hydrogen-bond donors (Lipinski definition) is 0. The molecule has 0 aromatic heterocycles. The summed E-state index contributed by atoms with van der Waals surface area (Å²) < 4.78 is 26.8. The maximum Gasteiger partial charge on any atom is 0.173 e. The Morgan fingerprint density at radius 2 is 2.30 bits per heavy atom. The SMILES string of the molecule is CC1=CS(=O)(=O)CCOC1. The van der Waals surface area contributed by atoms with Gasteiger partial charge in [0.15, 0.2) is 9.84 Å². The van der Waals surface area contributed by atoms with Crippen molar-refractivity contribution in [3.63, 3.8) is 0 Å². The van der Waals surface area contributed by atoms with E-state index in [0.29, 0.717) is 13.2 Å². The molecule has 1 aliphatic rings. The van der Waals surface area contributed by atoms with E-state index < -0.39 is 9.84 Å². The zero-order valence-corrected chi connectivity index (χ0v) is 6.65. The molecule has 0 aliphatic carbocycles. The summed E-state index contributed by atoms with van der Waals surface area (Å²) in [6.07, 6.45) is 0. The smallest absolute Gasteiger partial charge is 0.173 e. The molecule has 0 bridgehead atoms. The Balaban J connectivity index is 2.88. The van der Waals surface area contributed by atoms with Crippen LogP contribution in [0.4, 0.5) is 0 Å². The maximum absolute atomic E-state index is 10.9. The fourth-order valence-electron chi connectivity index (χ4n) is 0.808. The standard InChI is InChI=1S/C6H10O3S/c1-6-4-9-2-3-10(7,8)5-6/h5H,2-4H2,1H3. The van der Waals surface area contributed by atoms with Crippen molar-refractivity contribution in [2.24, 2.45) is 0 Å². The van der Waals surface area contributed by atoms with Gasteiger partial charge in [-0.05, 0) is 12.5 Å². The van der Waals surface area contributed by atoms with Gasteiger partial charge >= 0.3 is 0 Å². The number of ether oxygens (including phenoxy) is 1. The lowest BCUT2D eigenvalue weighted by atomic mass is 10.4. The molecule has 1 rings (SSSR count). The van der Waals surface area contributed by atoms with E-state index in [4.69, 9.17) is 4.74 Å². The molecular weight excluding hydrogens is 152 g/mol. The zero-order chi connectivity index (χ0) is 7.61. The van der Waals surface area contributed by atoms with Crippen LogP contribution in [0.2, 0.25) is 0 Å². The van der Waals surface area contributed by atoms with Crippen molar-refractivity contribution in [2.75, 3.05) is 19.0 Å². The van der Waals surface area contributed by atoms with Crippen molar-refractivity contribution < 1.29 is 13.2 Å². The van der Waals surface area contributed by atoms with Gasteiger partial charge in [0.2, 0.25) is 0 Å². The van der Waals surface area contributed by atoms with Crippen molar-refractivity contribution in [3.8, 4) is 0 Å². The van der Waals surface area contributed by atoms with E-state index in [1.165, 1.54) is 5.41 Å². The van der Waals surface area contributed by atoms with Crippen LogP contribution in [0, 0.1) is 0 Å². The summed E-state index contributed by atoms with van der Waals surface area (Å²) in [6.45, 7) is 2.51. The number of rotatable bonds is 0. The molecule has 0 aromatic carbocycles. The van der Waals surface area contributed by atoms with Crippen LogP contribution in [0.25, 0.3) is 0 Å². The van der Waals surface area contributed by atoms with E-state index in [9.17, 15) is 8.42 Å². The molecule has 0 radical (unpaired) electrons. The van der Waals surface area contributed by atoms with Gasteiger partial charge in [0.25, 0.3) is 0 Å². The molecule has 58 valence electrons. The summed E-state index contributed by atoms with van der Waals surface area (Å²) in [5, 5.41) is 1.29. The molecule has 1 aliphatic heterocycles. The van der Waals surface area contributed by atoms with Gasteiger partial charge in [-0.1, -0.05) is 0 Å². The van der Waals surface area contributed by atoms with Crippen molar-refractivity contribution in [3.05, 3.63) is 11.0 Å². The summed E-state index contributed by atoms with van der Waals surface area (Å²) in [5.74, 6) is 0.115. The van der Waals surface area contributed by atoms with Crippen LogP contribution < -0.4 is 0 Å². The first-order chi connectivity index (χ1) is 4.60. The summed E-state index contributed by atoms with van der Waals surface area (Å²) >= 11 is 0. The highest BCUT2D eigenvalue weighted by Crippen LogP contribution is 2.05. The molecule has 0 saturated carbocycles. The van der Waals surface area contributed by atoms with E-state index in [1.54, 1.807) is 6.92 Å². The second-order valence-electron chi connectivity index (χ2n) is 2.38. The van der Waals surface area contributed by atoms with Crippen LogP contribution in [-0.2, 0) is 14.6 Å². The average Bonchev–Trinajstić information content (AvgIpc) is 1.90. The zero-order valence-electron chi connectivity index (χ0n) is 5.83. The minimum absolute atomic E-state index is 0.115. The second kappa shape index (κ2) is 2.72. The fourth-order valence-corrected chi connectivity index (χ4v) is 1.96. The second-order valence-corrected chi connectivity index (χ2v) is 4.35. The van der Waals surface area contributed by atoms with E-state index in [0.717, 1.165) is 5.57 Å². The summed E-state index contributed by atoms with van der Waals surface area (Å²) in [4.78, 5) is 0. The first-order valence-corrected chi connectivity index (χ1v) is 4.79. The predicted molar refractivity (Wildman–Crippen MR) is 38.4 cm³/mol. The molecule has 0 N–H and O–H groups in total. The Kier molecular flexibility index (Phi) is 2.11. The Hall–Kier alpha value is -0.350. The van der Waals surface area contributed by atoms with Crippen molar-refractivity contribution in [1.82, 2.24) is 0 Å². The van der Waals surface area contributed by atoms with Crippen LogP contribution in [0.3, 0.4) is 0 Å². The largest absolute Gasteiger partial charge is 0.376 e. The third-order valence-electron chi connectivity index (χ3n) is 1.22. The molecule has 0 saturated heterocycles. The molecule has 0 aromatic rings. The molecule has 0 amide bonds. The van der Waals surface area contributed by atoms with Gasteiger partial charge in [-0.2, -0.15) is 0 Å². The Morgan fingerprint density at radius 3 is 3.00 bits per heavy atom. The minimum Gasteiger partial charge on any atom is -0.376 e. The van der Waals surface area contributed by atoms with Crippen LogP contribution >= 0.6 is 0 Å². The third-order valence-corrected chi connectivity index (χ3v) is 2.72. The Bertz CT molecular complexity index is 238. The molecule has 0 spiro atoms. The number of hydrogen-bond acceptors (Lipinski definition) is 3. The van der Waals surface area contributed by atoms with E-state index in [1.807, 2.05) is 0 Å². The van der Waals surface area contributed by atoms with Crippen LogP contribution in [-0.4, -0.2) is 27.4 Å². The van der Waals surface area contributed by atoms with Crippen molar-refractivity contribution >= 4 is 9.84 Å². The first-order valence-electron chi connectivity index (χ1n) is 3.08. The highest BCUT2D eigenvalue weighted by molar-refractivity contribution is 7.94. The van der Waals surface area contributed by atoms with Crippen molar-refractivity contribution in [2.45, 2.75) is 6.92 Å². The van der Waals surface area contributed by atoms with Crippen LogP contribution in [0.1, 0.15) is 6.92 Å². The average molecular weight is 162 g/mol. The quantitative estimate of drug-likeness (QED) is 0.515. The first kappa shape index (κ1) is 7.75. The van der Waals surface area contributed by atoms with Gasteiger partial charge in [0.1, 0.15) is 0 Å². The van der Waals surface area contributed by atoms with Gasteiger partial charge in [0, 0.05) is 5.41 Å². The summed E-state index contributed by atoms with van der Waals surface area (Å²) in [7, 11) is -2.96. The fraction of sp³-hybridized carbons (Fsp3) is 0.667. The molecule has 0 unspecified atom stereocenters. The molecule has 3 nitrogen and oxygen atoms in total. The molecular formula is C6H10O3S. The van der Waals surface area contributed by atoms with Gasteiger partial charge in [-0.3, -0.25) is 0 Å². The lowest BCUT2D eigenvalue weighted by Gasteiger charge is -1.94. The van der Waals surface area contributed by atoms with Gasteiger partial charge in [-0.15, -0.1) is 0 Å². The van der Waals surface area contributed by atoms with E-state index in [-0.39, 0.29) is 5.75 Å². The molecule has 10 heavy (non-hydrogen) atoms. The Labute approximate surface area is 60.6 Å². The van der Waals surface area contributed by atoms with Crippen LogP contribution in [0.5, 0.6) is 0 Å². The van der Waals surface area contributed by atoms with E-state index in [2.05, 4.69) is 0 Å². The number of sulfone groups is 1. The normalized spacial score (nSPS) is 25.1. The van der Waals surface area contributed by atoms with E-state index >= 15 is 0 Å². The molecule has 0 fully saturated rings. The van der Waals surface area contributed by atoms with Crippen LogP contribution in [0.15, 0.2) is 11.0 Å². The third kappa shape index (κ3) is 2.11. The summed E-state index contributed by atoms with van der Waals surface area (Å²) in [6, 6.07) is 0. The molecule has 0 atom stereocenters. The highest BCUT2D eigenvalue weighted by atomic mass is 32.2. The summed E-state index contributed by atoms with van der Waals surface area (Å²) in [5.41, 5.74) is 0.775. The lowest BCUT2D eigenvalue weighted by Crippen LogP contribution is -2.05. The monoisotopic (exact) mass is 162 g/mol. The molecule has 4 heteroatoms. The lowest BCUT2D eigenvalue weighted by molar-refractivity contribution is 0.174. The van der Waals surface area contributed by atoms with Gasteiger partial charge < -0.3 is 4.74 Å². The molecule has 1 heterocycles. The Morgan fingerprint density at radius 1 is 1.60 bits per heavy atom. The van der Waals surface area contributed by atoms with Crippen molar-refractivity contribution in [1.29, 1.82) is 0 Å². The maximum atomic E-state index is 10.9.